The van der Waals surface area contributed by atoms with Gasteiger partial charge in [0.2, 0.25) is 5.91 Å². The van der Waals surface area contributed by atoms with E-state index in [1.54, 1.807) is 18.6 Å². The number of sulfone groups is 1. The van der Waals surface area contributed by atoms with Gasteiger partial charge in [-0.25, -0.2) is 13.4 Å². The standard InChI is InChI=1S/C18H23N3O3S/c22-18(8-11-25(23,24)17-6-1-2-7-17)20-16-5-3-4-15(12-16)13-21-10-9-19-14-21/h3-5,9-10,12,14,17H,1-2,6-8,11,13H2,(H,20,22). The second kappa shape index (κ2) is 7.82. The van der Waals surface area contributed by atoms with Crippen LogP contribution in [0, 0.1) is 0 Å². The lowest BCUT2D eigenvalue weighted by Crippen LogP contribution is -2.24. The summed E-state index contributed by atoms with van der Waals surface area (Å²) in [5.74, 6) is -0.334. The minimum absolute atomic E-state index is 0.00455. The first kappa shape index (κ1) is 17.7. The molecule has 1 amide bonds. The molecule has 0 spiro atoms. The van der Waals surface area contributed by atoms with Gasteiger partial charge in [0.05, 0.1) is 17.3 Å². The van der Waals surface area contributed by atoms with Gasteiger partial charge in [0.25, 0.3) is 0 Å². The van der Waals surface area contributed by atoms with Crippen LogP contribution in [0.5, 0.6) is 0 Å². The van der Waals surface area contributed by atoms with Gasteiger partial charge in [0.1, 0.15) is 0 Å². The Morgan fingerprint density at radius 2 is 2.08 bits per heavy atom. The van der Waals surface area contributed by atoms with Gasteiger partial charge in [-0.2, -0.15) is 0 Å². The zero-order valence-electron chi connectivity index (χ0n) is 14.1. The first-order valence-electron chi connectivity index (χ1n) is 8.59. The molecule has 1 saturated carbocycles. The monoisotopic (exact) mass is 361 g/mol. The van der Waals surface area contributed by atoms with Gasteiger partial charge in [0, 0.05) is 31.0 Å². The highest BCUT2D eigenvalue weighted by Crippen LogP contribution is 2.25. The molecule has 1 aromatic carbocycles. The zero-order valence-corrected chi connectivity index (χ0v) is 14.9. The molecule has 1 heterocycles. The molecular formula is C18H23N3O3S. The summed E-state index contributed by atoms with van der Waals surface area (Å²) < 4.78 is 26.4. The maximum absolute atomic E-state index is 12.2. The van der Waals surface area contributed by atoms with E-state index in [1.807, 2.05) is 29.0 Å². The Bertz CT molecular complexity index is 810. The van der Waals surface area contributed by atoms with Crippen molar-refractivity contribution in [3.05, 3.63) is 48.5 Å². The largest absolute Gasteiger partial charge is 0.333 e. The molecule has 3 rings (SSSR count). The smallest absolute Gasteiger partial charge is 0.225 e. The first-order chi connectivity index (χ1) is 12.0. The normalized spacial score (nSPS) is 15.4. The Balaban J connectivity index is 1.54. The van der Waals surface area contributed by atoms with Crippen LogP contribution < -0.4 is 5.32 Å². The van der Waals surface area contributed by atoms with Crippen LogP contribution in [0.2, 0.25) is 0 Å². The van der Waals surface area contributed by atoms with Crippen molar-refractivity contribution in [2.45, 2.75) is 43.9 Å². The molecule has 7 heteroatoms. The Kier molecular flexibility index (Phi) is 5.53. The summed E-state index contributed by atoms with van der Waals surface area (Å²) in [6, 6.07) is 7.54. The number of carbonyl (C=O) groups is 1. The molecule has 1 aliphatic carbocycles. The van der Waals surface area contributed by atoms with E-state index >= 15 is 0 Å². The van der Waals surface area contributed by atoms with Crippen LogP contribution in [0.25, 0.3) is 0 Å². The van der Waals surface area contributed by atoms with Gasteiger partial charge in [-0.15, -0.1) is 0 Å². The number of nitrogens with one attached hydrogen (secondary N) is 1. The minimum Gasteiger partial charge on any atom is -0.333 e. The van der Waals surface area contributed by atoms with Crippen molar-refractivity contribution in [1.29, 1.82) is 0 Å². The first-order valence-corrected chi connectivity index (χ1v) is 10.3. The predicted molar refractivity (Wildman–Crippen MR) is 97.1 cm³/mol. The fourth-order valence-electron chi connectivity index (χ4n) is 3.21. The van der Waals surface area contributed by atoms with E-state index in [9.17, 15) is 13.2 Å². The lowest BCUT2D eigenvalue weighted by Gasteiger charge is -2.11. The molecule has 134 valence electrons. The van der Waals surface area contributed by atoms with Crippen LogP contribution in [-0.2, 0) is 21.2 Å². The van der Waals surface area contributed by atoms with Crippen LogP contribution >= 0.6 is 0 Å². The number of nitrogens with zero attached hydrogens (tertiary/aromatic N) is 2. The van der Waals surface area contributed by atoms with Gasteiger partial charge in [-0.05, 0) is 30.5 Å². The number of hydrogen-bond acceptors (Lipinski definition) is 4. The van der Waals surface area contributed by atoms with Gasteiger partial charge >= 0.3 is 0 Å². The van der Waals surface area contributed by atoms with E-state index in [4.69, 9.17) is 0 Å². The SMILES string of the molecule is O=C(CCS(=O)(=O)C1CCCC1)Nc1cccc(Cn2ccnc2)c1. The molecule has 0 radical (unpaired) electrons. The number of hydrogen-bond donors (Lipinski definition) is 1. The van der Waals surface area contributed by atoms with E-state index in [1.165, 1.54) is 0 Å². The molecule has 25 heavy (non-hydrogen) atoms. The summed E-state index contributed by atoms with van der Waals surface area (Å²) >= 11 is 0. The molecule has 2 aromatic rings. The number of anilines is 1. The third-order valence-corrected chi connectivity index (χ3v) is 6.82. The van der Waals surface area contributed by atoms with E-state index in [2.05, 4.69) is 10.3 Å². The fraction of sp³-hybridized carbons (Fsp3) is 0.444. The van der Waals surface area contributed by atoms with Gasteiger partial charge in [-0.1, -0.05) is 25.0 Å². The molecule has 1 N–H and O–H groups in total. The molecule has 0 atom stereocenters. The number of aromatic nitrogens is 2. The molecule has 0 saturated heterocycles. The van der Waals surface area contributed by atoms with Crippen molar-refractivity contribution in [1.82, 2.24) is 9.55 Å². The van der Waals surface area contributed by atoms with Crippen molar-refractivity contribution in [3.63, 3.8) is 0 Å². The molecule has 0 aliphatic heterocycles. The lowest BCUT2D eigenvalue weighted by molar-refractivity contribution is -0.115. The van der Waals surface area contributed by atoms with Gasteiger partial charge in [0.15, 0.2) is 9.84 Å². The highest BCUT2D eigenvalue weighted by Gasteiger charge is 2.28. The van der Waals surface area contributed by atoms with Crippen molar-refractivity contribution < 1.29 is 13.2 Å². The summed E-state index contributed by atoms with van der Waals surface area (Å²) in [7, 11) is -3.16. The molecule has 1 fully saturated rings. The number of benzene rings is 1. The maximum Gasteiger partial charge on any atom is 0.225 e. The molecule has 1 aliphatic rings. The Hall–Kier alpha value is -2.15. The molecule has 6 nitrogen and oxygen atoms in total. The van der Waals surface area contributed by atoms with Crippen LogP contribution in [0.1, 0.15) is 37.7 Å². The molecule has 1 aromatic heterocycles. The summed E-state index contributed by atoms with van der Waals surface area (Å²) in [5, 5.41) is 2.55. The minimum atomic E-state index is -3.16. The van der Waals surface area contributed by atoms with E-state index in [0.29, 0.717) is 12.2 Å². The van der Waals surface area contributed by atoms with Crippen LogP contribution in [0.4, 0.5) is 5.69 Å². The van der Waals surface area contributed by atoms with Crippen LogP contribution in [-0.4, -0.2) is 34.9 Å². The average molecular weight is 361 g/mol. The lowest BCUT2D eigenvalue weighted by atomic mass is 10.2. The second-order valence-corrected chi connectivity index (χ2v) is 8.91. The van der Waals surface area contributed by atoms with Crippen molar-refractivity contribution in [2.24, 2.45) is 0 Å². The quantitative estimate of drug-likeness (QED) is 0.822. The predicted octanol–water partition coefficient (Wildman–Crippen LogP) is 2.62. The van der Waals surface area contributed by atoms with Crippen LogP contribution in [0.3, 0.4) is 0 Å². The highest BCUT2D eigenvalue weighted by atomic mass is 32.2. The maximum atomic E-state index is 12.2. The van der Waals surface area contributed by atoms with Gasteiger partial charge in [-0.3, -0.25) is 4.79 Å². The highest BCUT2D eigenvalue weighted by molar-refractivity contribution is 7.92. The number of carbonyl (C=O) groups excluding carboxylic acids is 1. The van der Waals surface area contributed by atoms with Crippen molar-refractivity contribution in [2.75, 3.05) is 11.1 Å². The fourth-order valence-corrected chi connectivity index (χ4v) is 5.07. The average Bonchev–Trinajstić information content (AvgIpc) is 3.27. The second-order valence-electron chi connectivity index (χ2n) is 6.51. The topological polar surface area (TPSA) is 81.1 Å². The Morgan fingerprint density at radius 1 is 1.28 bits per heavy atom. The van der Waals surface area contributed by atoms with Crippen molar-refractivity contribution in [3.8, 4) is 0 Å². The Morgan fingerprint density at radius 3 is 2.80 bits per heavy atom. The number of amides is 1. The Labute approximate surface area is 148 Å². The molecule has 0 bridgehead atoms. The molecular weight excluding hydrogens is 338 g/mol. The molecule has 0 unspecified atom stereocenters. The van der Waals surface area contributed by atoms with Gasteiger partial charge < -0.3 is 9.88 Å². The summed E-state index contributed by atoms with van der Waals surface area (Å²) in [6.45, 7) is 0.666. The van der Waals surface area contributed by atoms with E-state index < -0.39 is 9.84 Å². The summed E-state index contributed by atoms with van der Waals surface area (Å²) in [6.07, 6.45) is 8.75. The number of imidazole rings is 1. The van der Waals surface area contributed by atoms with E-state index in [-0.39, 0.29) is 23.3 Å². The third-order valence-electron chi connectivity index (χ3n) is 4.56. The third kappa shape index (κ3) is 4.92. The van der Waals surface area contributed by atoms with Crippen molar-refractivity contribution >= 4 is 21.4 Å². The number of rotatable bonds is 7. The summed E-state index contributed by atoms with van der Waals surface area (Å²) in [4.78, 5) is 16.1. The van der Waals surface area contributed by atoms with E-state index in [0.717, 1.165) is 31.2 Å². The summed E-state index contributed by atoms with van der Waals surface area (Å²) in [5.41, 5.74) is 1.72. The van der Waals surface area contributed by atoms with Crippen LogP contribution in [0.15, 0.2) is 43.0 Å². The zero-order chi connectivity index (χ0) is 17.7.